The second-order valence-electron chi connectivity index (χ2n) is 5.57. The summed E-state index contributed by atoms with van der Waals surface area (Å²) in [4.78, 5) is 12.3. The molecule has 0 radical (unpaired) electrons. The van der Waals surface area contributed by atoms with Crippen LogP contribution in [-0.2, 0) is 4.79 Å². The number of hydrogen-bond acceptors (Lipinski definition) is 2. The third-order valence-corrected chi connectivity index (χ3v) is 5.55. The van der Waals surface area contributed by atoms with Gasteiger partial charge in [0.25, 0.3) is 0 Å². The monoisotopic (exact) mass is 411 g/mol. The van der Waals surface area contributed by atoms with Crippen LogP contribution in [0.15, 0.2) is 89.4 Å². The summed E-state index contributed by atoms with van der Waals surface area (Å²) in [6.45, 7) is 0. The Labute approximate surface area is 160 Å². The van der Waals surface area contributed by atoms with Crippen molar-refractivity contribution in [3.8, 4) is 0 Å². The van der Waals surface area contributed by atoms with E-state index in [9.17, 15) is 4.79 Å². The first kappa shape index (κ1) is 17.8. The number of thioether (sulfide) groups is 1. The molecule has 3 aromatic carbocycles. The van der Waals surface area contributed by atoms with E-state index in [1.54, 1.807) is 11.8 Å². The Morgan fingerprint density at radius 2 is 1.36 bits per heavy atom. The van der Waals surface area contributed by atoms with Crippen LogP contribution in [0.4, 0.5) is 5.69 Å². The van der Waals surface area contributed by atoms with Gasteiger partial charge in [0, 0.05) is 10.2 Å². The van der Waals surface area contributed by atoms with Gasteiger partial charge in [-0.15, -0.1) is 11.8 Å². The lowest BCUT2D eigenvalue weighted by molar-refractivity contribution is -0.113. The Kier molecular flexibility index (Phi) is 6.31. The fourth-order valence-corrected chi connectivity index (χ4v) is 3.88. The second kappa shape index (κ2) is 8.88. The molecule has 1 amide bonds. The standard InChI is InChI=1S/C21H18BrNOS/c22-18-11-13-19(14-12-18)23-20(24)15-25-21(16-7-3-1-4-8-16)17-9-5-2-6-10-17/h1-14,21H,15H2,(H,23,24). The quantitative estimate of drug-likeness (QED) is 0.545. The molecule has 0 saturated heterocycles. The molecule has 0 aliphatic rings. The molecule has 0 heterocycles. The van der Waals surface area contributed by atoms with Crippen LogP contribution in [0.5, 0.6) is 0 Å². The van der Waals surface area contributed by atoms with Crippen molar-refractivity contribution in [1.82, 2.24) is 0 Å². The number of nitrogens with one attached hydrogen (secondary N) is 1. The molecule has 126 valence electrons. The molecule has 3 rings (SSSR count). The SMILES string of the molecule is O=C(CSC(c1ccccc1)c1ccccc1)Nc1ccc(Br)cc1. The van der Waals surface area contributed by atoms with E-state index < -0.39 is 0 Å². The molecule has 0 fully saturated rings. The van der Waals surface area contributed by atoms with Crippen LogP contribution < -0.4 is 5.32 Å². The lowest BCUT2D eigenvalue weighted by Gasteiger charge is -2.17. The molecule has 25 heavy (non-hydrogen) atoms. The number of hydrogen-bond donors (Lipinski definition) is 1. The first-order valence-electron chi connectivity index (χ1n) is 7.99. The zero-order valence-corrected chi connectivity index (χ0v) is 16.0. The summed E-state index contributed by atoms with van der Waals surface area (Å²) in [5.41, 5.74) is 3.22. The van der Waals surface area contributed by atoms with Crippen LogP contribution in [0.3, 0.4) is 0 Å². The van der Waals surface area contributed by atoms with E-state index in [0.29, 0.717) is 5.75 Å². The van der Waals surface area contributed by atoms with Gasteiger partial charge in [0.2, 0.25) is 5.91 Å². The van der Waals surface area contributed by atoms with Crippen molar-refractivity contribution < 1.29 is 4.79 Å². The highest BCUT2D eigenvalue weighted by Gasteiger charge is 2.16. The average molecular weight is 412 g/mol. The molecule has 0 spiro atoms. The van der Waals surface area contributed by atoms with Gasteiger partial charge < -0.3 is 5.32 Å². The topological polar surface area (TPSA) is 29.1 Å². The smallest absolute Gasteiger partial charge is 0.234 e. The Morgan fingerprint density at radius 1 is 0.840 bits per heavy atom. The molecule has 0 bridgehead atoms. The number of carbonyl (C=O) groups excluding carboxylic acids is 1. The Balaban J connectivity index is 1.68. The zero-order valence-electron chi connectivity index (χ0n) is 13.6. The zero-order chi connectivity index (χ0) is 17.5. The van der Waals surface area contributed by atoms with E-state index >= 15 is 0 Å². The number of carbonyl (C=O) groups is 1. The van der Waals surface area contributed by atoms with Gasteiger partial charge in [0.1, 0.15) is 0 Å². The maximum absolute atomic E-state index is 12.3. The highest BCUT2D eigenvalue weighted by atomic mass is 79.9. The molecule has 0 aliphatic heterocycles. The van der Waals surface area contributed by atoms with Gasteiger partial charge in [0.15, 0.2) is 0 Å². The molecule has 3 aromatic rings. The number of anilines is 1. The molecule has 0 saturated carbocycles. The maximum atomic E-state index is 12.3. The van der Waals surface area contributed by atoms with Gasteiger partial charge in [-0.1, -0.05) is 76.6 Å². The van der Waals surface area contributed by atoms with Crippen LogP contribution in [-0.4, -0.2) is 11.7 Å². The largest absolute Gasteiger partial charge is 0.325 e. The summed E-state index contributed by atoms with van der Waals surface area (Å²) >= 11 is 5.03. The highest BCUT2D eigenvalue weighted by molar-refractivity contribution is 9.10. The van der Waals surface area contributed by atoms with E-state index in [4.69, 9.17) is 0 Å². The van der Waals surface area contributed by atoms with Crippen molar-refractivity contribution in [3.63, 3.8) is 0 Å². The Bertz CT molecular complexity index is 767. The average Bonchev–Trinajstić information content (AvgIpc) is 2.66. The van der Waals surface area contributed by atoms with Gasteiger partial charge >= 0.3 is 0 Å². The highest BCUT2D eigenvalue weighted by Crippen LogP contribution is 2.35. The second-order valence-corrected chi connectivity index (χ2v) is 7.58. The minimum absolute atomic E-state index is 0.00387. The van der Waals surface area contributed by atoms with Crippen LogP contribution in [0.25, 0.3) is 0 Å². The van der Waals surface area contributed by atoms with Gasteiger partial charge in [-0.3, -0.25) is 4.79 Å². The summed E-state index contributed by atoms with van der Waals surface area (Å²) in [5, 5.41) is 3.08. The molecule has 0 atom stereocenters. The molecule has 0 unspecified atom stereocenters. The third-order valence-electron chi connectivity index (χ3n) is 3.71. The van der Waals surface area contributed by atoms with Crippen LogP contribution in [0, 0.1) is 0 Å². The number of benzene rings is 3. The molecule has 1 N–H and O–H groups in total. The fraction of sp³-hybridized carbons (Fsp3) is 0.0952. The number of rotatable bonds is 6. The van der Waals surface area contributed by atoms with E-state index in [1.165, 1.54) is 11.1 Å². The van der Waals surface area contributed by atoms with Crippen molar-refractivity contribution in [2.75, 3.05) is 11.1 Å². The van der Waals surface area contributed by atoms with Crippen molar-refractivity contribution in [2.24, 2.45) is 0 Å². The van der Waals surface area contributed by atoms with Gasteiger partial charge in [0.05, 0.1) is 11.0 Å². The van der Waals surface area contributed by atoms with E-state index in [0.717, 1.165) is 10.2 Å². The van der Waals surface area contributed by atoms with Gasteiger partial charge in [-0.25, -0.2) is 0 Å². The van der Waals surface area contributed by atoms with Crippen LogP contribution in [0.1, 0.15) is 16.4 Å². The summed E-state index contributed by atoms with van der Waals surface area (Å²) in [6, 6.07) is 28.2. The molecule has 4 heteroatoms. The van der Waals surface area contributed by atoms with E-state index in [-0.39, 0.29) is 11.2 Å². The lowest BCUT2D eigenvalue weighted by Crippen LogP contribution is -2.15. The Hall–Kier alpha value is -2.04. The normalized spacial score (nSPS) is 10.6. The van der Waals surface area contributed by atoms with Crippen molar-refractivity contribution in [3.05, 3.63) is 101 Å². The van der Waals surface area contributed by atoms with Crippen LogP contribution >= 0.6 is 27.7 Å². The van der Waals surface area contributed by atoms with E-state index in [1.807, 2.05) is 60.7 Å². The number of halogens is 1. The minimum atomic E-state index is 0.00387. The first-order chi connectivity index (χ1) is 12.2. The van der Waals surface area contributed by atoms with Crippen LogP contribution in [0.2, 0.25) is 0 Å². The summed E-state index contributed by atoms with van der Waals surface area (Å²) in [7, 11) is 0. The lowest BCUT2D eigenvalue weighted by atomic mass is 10.0. The predicted molar refractivity (Wildman–Crippen MR) is 110 cm³/mol. The number of amides is 1. The molecular formula is C21H18BrNOS. The molecule has 0 aliphatic carbocycles. The predicted octanol–water partition coefficient (Wildman–Crippen LogP) is 5.91. The van der Waals surface area contributed by atoms with Crippen molar-refractivity contribution in [2.45, 2.75) is 5.25 Å². The Morgan fingerprint density at radius 3 is 1.88 bits per heavy atom. The molecular weight excluding hydrogens is 394 g/mol. The van der Waals surface area contributed by atoms with Crippen molar-refractivity contribution in [1.29, 1.82) is 0 Å². The van der Waals surface area contributed by atoms with E-state index in [2.05, 4.69) is 45.5 Å². The molecule has 0 aromatic heterocycles. The maximum Gasteiger partial charge on any atom is 0.234 e. The fourth-order valence-electron chi connectivity index (χ4n) is 2.53. The summed E-state index contributed by atoms with van der Waals surface area (Å²) in [5.74, 6) is 0.397. The van der Waals surface area contributed by atoms with Crippen molar-refractivity contribution >= 4 is 39.3 Å². The summed E-state index contributed by atoms with van der Waals surface area (Å²) in [6.07, 6.45) is 0. The third kappa shape index (κ3) is 5.21. The minimum Gasteiger partial charge on any atom is -0.325 e. The van der Waals surface area contributed by atoms with Gasteiger partial charge in [-0.05, 0) is 35.4 Å². The molecule has 2 nitrogen and oxygen atoms in total. The summed E-state index contributed by atoms with van der Waals surface area (Å²) < 4.78 is 0.994. The van der Waals surface area contributed by atoms with Gasteiger partial charge in [-0.2, -0.15) is 0 Å². The first-order valence-corrected chi connectivity index (χ1v) is 9.83.